The van der Waals surface area contributed by atoms with E-state index in [1.54, 1.807) is 11.9 Å². The Morgan fingerprint density at radius 2 is 1.65 bits per heavy atom. The molecule has 0 radical (unpaired) electrons. The fourth-order valence-electron chi connectivity index (χ4n) is 1.80. The van der Waals surface area contributed by atoms with Gasteiger partial charge in [-0.2, -0.15) is 0 Å². The second-order valence-corrected chi connectivity index (χ2v) is 7.90. The Kier molecular flexibility index (Phi) is 5.46. The van der Waals surface area contributed by atoms with Gasteiger partial charge in [-0.05, 0) is 81.3 Å². The molecule has 0 heterocycles. The minimum atomic E-state index is -0.468. The first kappa shape index (κ1) is 17.3. The van der Waals surface area contributed by atoms with Gasteiger partial charge in [0.2, 0.25) is 0 Å². The Bertz CT molecular complexity index is 460. The fourth-order valence-corrected chi connectivity index (χ4v) is 2.16. The van der Waals surface area contributed by atoms with Crippen LogP contribution in [0, 0.1) is 3.57 Å². The number of carbonyl (C=O) groups excluding carboxylic acids is 1. The van der Waals surface area contributed by atoms with Crippen molar-refractivity contribution in [1.82, 2.24) is 4.90 Å². The third-order valence-corrected chi connectivity index (χ3v) is 3.84. The largest absolute Gasteiger partial charge is 0.444 e. The van der Waals surface area contributed by atoms with Crippen molar-refractivity contribution in [3.63, 3.8) is 0 Å². The molecule has 0 saturated heterocycles. The molecule has 3 nitrogen and oxygen atoms in total. The van der Waals surface area contributed by atoms with Crippen LogP contribution in [0.25, 0.3) is 0 Å². The molecule has 1 amide bonds. The molecule has 0 aliphatic rings. The van der Waals surface area contributed by atoms with Crippen molar-refractivity contribution in [3.05, 3.63) is 33.4 Å². The number of hydrogen-bond acceptors (Lipinski definition) is 2. The van der Waals surface area contributed by atoms with E-state index in [0.717, 1.165) is 6.42 Å². The standard InChI is InChI=1S/C16H24INO2/c1-15(2,3)20-14(19)18(6)16(4,5)11-12-7-9-13(17)10-8-12/h7-10H,11H2,1-6H3. The number of halogens is 1. The molecule has 0 spiro atoms. The van der Waals surface area contributed by atoms with E-state index >= 15 is 0 Å². The van der Waals surface area contributed by atoms with Gasteiger partial charge in [0.15, 0.2) is 0 Å². The molecular formula is C16H24INO2. The highest BCUT2D eigenvalue weighted by Crippen LogP contribution is 2.22. The number of nitrogens with zero attached hydrogens (tertiary/aromatic N) is 1. The molecule has 0 saturated carbocycles. The van der Waals surface area contributed by atoms with Gasteiger partial charge < -0.3 is 9.64 Å². The molecule has 0 atom stereocenters. The summed E-state index contributed by atoms with van der Waals surface area (Å²) in [6.07, 6.45) is 0.507. The van der Waals surface area contributed by atoms with Crippen LogP contribution in [0.1, 0.15) is 40.2 Å². The molecule has 4 heteroatoms. The van der Waals surface area contributed by atoms with Crippen molar-refractivity contribution in [2.24, 2.45) is 0 Å². The Morgan fingerprint density at radius 3 is 2.10 bits per heavy atom. The molecule has 0 aliphatic heterocycles. The summed E-state index contributed by atoms with van der Waals surface area (Å²) in [7, 11) is 1.79. The third-order valence-electron chi connectivity index (χ3n) is 3.13. The maximum atomic E-state index is 12.2. The third kappa shape index (κ3) is 5.31. The highest BCUT2D eigenvalue weighted by atomic mass is 127. The smallest absolute Gasteiger partial charge is 0.410 e. The van der Waals surface area contributed by atoms with Crippen molar-refractivity contribution in [3.8, 4) is 0 Å². The van der Waals surface area contributed by atoms with E-state index in [4.69, 9.17) is 4.74 Å². The lowest BCUT2D eigenvalue weighted by Crippen LogP contribution is -2.48. The van der Waals surface area contributed by atoms with Crippen molar-refractivity contribution in [2.75, 3.05) is 7.05 Å². The second-order valence-electron chi connectivity index (χ2n) is 6.66. The lowest BCUT2D eigenvalue weighted by atomic mass is 9.94. The zero-order valence-electron chi connectivity index (χ0n) is 13.2. The fraction of sp³-hybridized carbons (Fsp3) is 0.562. The molecule has 0 fully saturated rings. The molecule has 1 rings (SSSR count). The maximum Gasteiger partial charge on any atom is 0.410 e. The number of carbonyl (C=O) groups is 1. The van der Waals surface area contributed by atoms with E-state index < -0.39 is 5.60 Å². The summed E-state index contributed by atoms with van der Waals surface area (Å²) in [6.45, 7) is 9.74. The molecule has 20 heavy (non-hydrogen) atoms. The molecule has 1 aromatic carbocycles. The summed E-state index contributed by atoms with van der Waals surface area (Å²) in [4.78, 5) is 13.8. The second kappa shape index (κ2) is 6.33. The van der Waals surface area contributed by atoms with Gasteiger partial charge in [0.05, 0.1) is 0 Å². The van der Waals surface area contributed by atoms with E-state index in [9.17, 15) is 4.79 Å². The van der Waals surface area contributed by atoms with Crippen molar-refractivity contribution < 1.29 is 9.53 Å². The van der Waals surface area contributed by atoms with Crippen LogP contribution in [0.4, 0.5) is 4.79 Å². The van der Waals surface area contributed by atoms with Crippen LogP contribution in [0.5, 0.6) is 0 Å². The van der Waals surface area contributed by atoms with Crippen molar-refractivity contribution in [1.29, 1.82) is 0 Å². The Morgan fingerprint density at radius 1 is 1.15 bits per heavy atom. The molecule has 0 N–H and O–H groups in total. The quantitative estimate of drug-likeness (QED) is 0.714. The first-order valence-electron chi connectivity index (χ1n) is 6.72. The summed E-state index contributed by atoms with van der Waals surface area (Å²) in [6, 6.07) is 8.37. The maximum absolute atomic E-state index is 12.2. The van der Waals surface area contributed by atoms with E-state index in [1.165, 1.54) is 9.13 Å². The SMILES string of the molecule is CN(C(=O)OC(C)(C)C)C(C)(C)Cc1ccc(I)cc1. The summed E-state index contributed by atoms with van der Waals surface area (Å²) < 4.78 is 6.64. The normalized spacial score (nSPS) is 12.2. The van der Waals surface area contributed by atoms with Gasteiger partial charge in [-0.1, -0.05) is 12.1 Å². The lowest BCUT2D eigenvalue weighted by Gasteiger charge is -2.36. The highest BCUT2D eigenvalue weighted by Gasteiger charge is 2.31. The Balaban J connectivity index is 2.76. The zero-order chi connectivity index (χ0) is 15.6. The molecule has 0 unspecified atom stereocenters. The van der Waals surface area contributed by atoms with Crippen LogP contribution in [0.3, 0.4) is 0 Å². The van der Waals surface area contributed by atoms with Crippen molar-refractivity contribution in [2.45, 2.75) is 52.2 Å². The summed E-state index contributed by atoms with van der Waals surface area (Å²) in [5.41, 5.74) is 0.449. The summed E-state index contributed by atoms with van der Waals surface area (Å²) >= 11 is 2.29. The van der Waals surface area contributed by atoms with Crippen LogP contribution in [0.15, 0.2) is 24.3 Å². The number of rotatable bonds is 3. The van der Waals surface area contributed by atoms with Gasteiger partial charge in [-0.3, -0.25) is 0 Å². The predicted octanol–water partition coefficient (Wildman–Crippen LogP) is 4.48. The number of amides is 1. The van der Waals surface area contributed by atoms with Crippen LogP contribution in [0.2, 0.25) is 0 Å². The predicted molar refractivity (Wildman–Crippen MR) is 90.9 cm³/mol. The van der Waals surface area contributed by atoms with Crippen LogP contribution in [-0.4, -0.2) is 29.2 Å². The van der Waals surface area contributed by atoms with E-state index in [2.05, 4.69) is 60.7 Å². The molecule has 0 aromatic heterocycles. The zero-order valence-corrected chi connectivity index (χ0v) is 15.3. The number of hydrogen-bond donors (Lipinski definition) is 0. The first-order valence-corrected chi connectivity index (χ1v) is 7.80. The van der Waals surface area contributed by atoms with Crippen LogP contribution >= 0.6 is 22.6 Å². The van der Waals surface area contributed by atoms with Gasteiger partial charge in [0.25, 0.3) is 0 Å². The minimum Gasteiger partial charge on any atom is -0.444 e. The van der Waals surface area contributed by atoms with Crippen molar-refractivity contribution >= 4 is 28.7 Å². The average Bonchev–Trinajstić information content (AvgIpc) is 2.28. The Labute approximate surface area is 135 Å². The van der Waals surface area contributed by atoms with Gasteiger partial charge in [0.1, 0.15) is 5.60 Å². The average molecular weight is 389 g/mol. The summed E-state index contributed by atoms with van der Waals surface area (Å²) in [5.74, 6) is 0. The van der Waals surface area contributed by atoms with E-state index in [1.807, 2.05) is 20.8 Å². The van der Waals surface area contributed by atoms with Gasteiger partial charge >= 0.3 is 6.09 Å². The van der Waals surface area contributed by atoms with Gasteiger partial charge in [-0.15, -0.1) is 0 Å². The highest BCUT2D eigenvalue weighted by molar-refractivity contribution is 14.1. The first-order chi connectivity index (χ1) is 9.01. The van der Waals surface area contributed by atoms with E-state index in [-0.39, 0.29) is 11.6 Å². The van der Waals surface area contributed by atoms with Gasteiger partial charge in [-0.25, -0.2) is 4.79 Å². The van der Waals surface area contributed by atoms with Gasteiger partial charge in [0, 0.05) is 16.2 Å². The number of benzene rings is 1. The molecule has 0 bridgehead atoms. The van der Waals surface area contributed by atoms with Crippen LogP contribution in [-0.2, 0) is 11.2 Å². The molecule has 112 valence electrons. The summed E-state index contributed by atoms with van der Waals surface area (Å²) in [5, 5.41) is 0. The lowest BCUT2D eigenvalue weighted by molar-refractivity contribution is 0.0112. The van der Waals surface area contributed by atoms with E-state index in [0.29, 0.717) is 0 Å². The molecule has 0 aliphatic carbocycles. The topological polar surface area (TPSA) is 29.5 Å². The number of ether oxygens (including phenoxy) is 1. The molecular weight excluding hydrogens is 365 g/mol. The minimum absolute atomic E-state index is 0.284. The monoisotopic (exact) mass is 389 g/mol. The van der Waals surface area contributed by atoms with Crippen LogP contribution < -0.4 is 0 Å². The number of likely N-dealkylation sites (N-methyl/N-ethyl adjacent to an activating group) is 1. The Hall–Kier alpha value is -0.780. The molecule has 1 aromatic rings.